The van der Waals surface area contributed by atoms with Gasteiger partial charge < -0.3 is 9.73 Å². The molecule has 0 aliphatic carbocycles. The predicted molar refractivity (Wildman–Crippen MR) is 74.4 cm³/mol. The van der Waals surface area contributed by atoms with E-state index in [1.807, 2.05) is 18.2 Å². The molecule has 102 valence electrons. The summed E-state index contributed by atoms with van der Waals surface area (Å²) in [7, 11) is 0. The maximum Gasteiger partial charge on any atom is 0.123 e. The van der Waals surface area contributed by atoms with Gasteiger partial charge in [-0.25, -0.2) is 4.39 Å². The molecule has 2 rings (SSSR count). The van der Waals surface area contributed by atoms with Gasteiger partial charge in [-0.05, 0) is 50.1 Å². The second-order valence-electron chi connectivity index (χ2n) is 4.96. The van der Waals surface area contributed by atoms with Crippen LogP contribution in [0.2, 0.25) is 0 Å². The summed E-state index contributed by atoms with van der Waals surface area (Å²) in [5.74, 6) is 0.821. The second kappa shape index (κ2) is 6.53. The van der Waals surface area contributed by atoms with Crippen LogP contribution in [0.3, 0.4) is 0 Å². The normalized spacial score (nSPS) is 14.3. The van der Waals surface area contributed by atoms with Gasteiger partial charge in [0, 0.05) is 18.5 Å². The van der Waals surface area contributed by atoms with Crippen LogP contribution in [0.25, 0.3) is 0 Å². The first-order valence-electron chi connectivity index (χ1n) is 6.69. The van der Waals surface area contributed by atoms with Crippen molar-refractivity contribution in [2.24, 2.45) is 0 Å². The number of benzene rings is 1. The fraction of sp³-hybridized carbons (Fsp3) is 0.375. The van der Waals surface area contributed by atoms with Crippen LogP contribution in [0.5, 0.6) is 0 Å². The molecule has 0 bridgehead atoms. The molecule has 0 aliphatic heterocycles. The van der Waals surface area contributed by atoms with Crippen molar-refractivity contribution < 1.29 is 8.81 Å². The van der Waals surface area contributed by atoms with E-state index in [0.717, 1.165) is 24.2 Å². The average Bonchev–Trinajstić information content (AvgIpc) is 2.89. The first-order valence-corrected chi connectivity index (χ1v) is 6.69. The van der Waals surface area contributed by atoms with Crippen molar-refractivity contribution in [2.75, 3.05) is 0 Å². The number of aryl methyl sites for hydroxylation is 1. The van der Waals surface area contributed by atoms with Gasteiger partial charge in [0.1, 0.15) is 11.6 Å². The molecule has 1 aromatic carbocycles. The Morgan fingerprint density at radius 1 is 1.21 bits per heavy atom. The summed E-state index contributed by atoms with van der Waals surface area (Å²) < 4.78 is 18.5. The first-order chi connectivity index (χ1) is 9.15. The Morgan fingerprint density at radius 3 is 2.74 bits per heavy atom. The maximum absolute atomic E-state index is 13.2. The Morgan fingerprint density at radius 2 is 2.05 bits per heavy atom. The lowest BCUT2D eigenvalue weighted by Gasteiger charge is -2.20. The van der Waals surface area contributed by atoms with Crippen LogP contribution in [0.1, 0.15) is 37.6 Å². The molecule has 3 heteroatoms. The van der Waals surface area contributed by atoms with Gasteiger partial charge in [-0.2, -0.15) is 0 Å². The van der Waals surface area contributed by atoms with Crippen LogP contribution in [0, 0.1) is 5.82 Å². The molecule has 1 aromatic heterocycles. The van der Waals surface area contributed by atoms with Gasteiger partial charge in [0.2, 0.25) is 0 Å². The van der Waals surface area contributed by atoms with Gasteiger partial charge in [0.25, 0.3) is 0 Å². The zero-order valence-corrected chi connectivity index (χ0v) is 11.4. The molecule has 0 fully saturated rings. The standard InChI is InChI=1S/C16H20FNO/c1-12(8-9-16-7-4-10-19-16)18-13(2)14-5-3-6-15(17)11-14/h3-7,10-13,18H,8-9H2,1-2H3/t12?,13-/m1/s1. The summed E-state index contributed by atoms with van der Waals surface area (Å²) in [5, 5.41) is 3.48. The minimum atomic E-state index is -0.186. The molecule has 1 unspecified atom stereocenters. The minimum absolute atomic E-state index is 0.141. The van der Waals surface area contributed by atoms with Gasteiger partial charge in [0.05, 0.1) is 6.26 Å². The van der Waals surface area contributed by atoms with E-state index in [-0.39, 0.29) is 11.9 Å². The van der Waals surface area contributed by atoms with Crippen LogP contribution in [-0.4, -0.2) is 6.04 Å². The Balaban J connectivity index is 1.83. The van der Waals surface area contributed by atoms with Crippen molar-refractivity contribution in [3.8, 4) is 0 Å². The molecule has 2 atom stereocenters. The quantitative estimate of drug-likeness (QED) is 0.847. The lowest BCUT2D eigenvalue weighted by Crippen LogP contribution is -2.29. The molecule has 0 radical (unpaired) electrons. The van der Waals surface area contributed by atoms with Crippen molar-refractivity contribution >= 4 is 0 Å². The van der Waals surface area contributed by atoms with Crippen LogP contribution >= 0.6 is 0 Å². The van der Waals surface area contributed by atoms with E-state index in [2.05, 4.69) is 19.2 Å². The molecule has 19 heavy (non-hydrogen) atoms. The molecule has 0 amide bonds. The van der Waals surface area contributed by atoms with E-state index >= 15 is 0 Å². The van der Waals surface area contributed by atoms with Crippen LogP contribution in [0.15, 0.2) is 47.1 Å². The molecular formula is C16H20FNO. The van der Waals surface area contributed by atoms with Gasteiger partial charge in [-0.3, -0.25) is 0 Å². The Labute approximate surface area is 113 Å². The second-order valence-corrected chi connectivity index (χ2v) is 4.96. The van der Waals surface area contributed by atoms with E-state index in [0.29, 0.717) is 6.04 Å². The topological polar surface area (TPSA) is 25.2 Å². The Kier molecular flexibility index (Phi) is 4.74. The number of hydrogen-bond donors (Lipinski definition) is 1. The van der Waals surface area contributed by atoms with Gasteiger partial charge in [-0.15, -0.1) is 0 Å². The van der Waals surface area contributed by atoms with Crippen molar-refractivity contribution in [2.45, 2.75) is 38.8 Å². The summed E-state index contributed by atoms with van der Waals surface area (Å²) in [4.78, 5) is 0. The lowest BCUT2D eigenvalue weighted by molar-refractivity contribution is 0.430. The molecule has 0 saturated heterocycles. The highest BCUT2D eigenvalue weighted by atomic mass is 19.1. The molecule has 0 spiro atoms. The molecule has 2 aromatic rings. The lowest BCUT2D eigenvalue weighted by atomic mass is 10.1. The first kappa shape index (κ1) is 13.8. The molecule has 1 N–H and O–H groups in total. The van der Waals surface area contributed by atoms with Crippen molar-refractivity contribution in [1.29, 1.82) is 0 Å². The molecule has 0 saturated carbocycles. The summed E-state index contributed by atoms with van der Waals surface area (Å²) in [6.45, 7) is 4.19. The van der Waals surface area contributed by atoms with E-state index in [1.54, 1.807) is 18.4 Å². The van der Waals surface area contributed by atoms with Gasteiger partial charge in [0.15, 0.2) is 0 Å². The summed E-state index contributed by atoms with van der Waals surface area (Å²) >= 11 is 0. The fourth-order valence-electron chi connectivity index (χ4n) is 2.20. The van der Waals surface area contributed by atoms with E-state index in [1.165, 1.54) is 6.07 Å². The third-order valence-corrected chi connectivity index (χ3v) is 3.29. The Bertz CT molecular complexity index is 495. The zero-order valence-electron chi connectivity index (χ0n) is 11.4. The summed E-state index contributed by atoms with van der Waals surface area (Å²) in [6, 6.07) is 11.1. The smallest absolute Gasteiger partial charge is 0.123 e. The number of rotatable bonds is 6. The van der Waals surface area contributed by atoms with E-state index < -0.39 is 0 Å². The third kappa shape index (κ3) is 4.21. The van der Waals surface area contributed by atoms with E-state index in [4.69, 9.17) is 4.42 Å². The number of furan rings is 1. The molecule has 2 nitrogen and oxygen atoms in total. The van der Waals surface area contributed by atoms with Crippen molar-refractivity contribution in [3.05, 3.63) is 59.8 Å². The third-order valence-electron chi connectivity index (χ3n) is 3.29. The average molecular weight is 261 g/mol. The van der Waals surface area contributed by atoms with Crippen LogP contribution in [-0.2, 0) is 6.42 Å². The van der Waals surface area contributed by atoms with Crippen molar-refractivity contribution in [1.82, 2.24) is 5.32 Å². The molecular weight excluding hydrogens is 241 g/mol. The summed E-state index contributed by atoms with van der Waals surface area (Å²) in [5.41, 5.74) is 0.977. The van der Waals surface area contributed by atoms with E-state index in [9.17, 15) is 4.39 Å². The summed E-state index contributed by atoms with van der Waals surface area (Å²) in [6.07, 6.45) is 3.60. The van der Waals surface area contributed by atoms with Crippen molar-refractivity contribution in [3.63, 3.8) is 0 Å². The molecule has 0 aliphatic rings. The zero-order chi connectivity index (χ0) is 13.7. The van der Waals surface area contributed by atoms with Crippen LogP contribution in [0.4, 0.5) is 4.39 Å². The number of hydrogen-bond acceptors (Lipinski definition) is 2. The predicted octanol–water partition coefficient (Wildman–Crippen LogP) is 4.09. The van der Waals surface area contributed by atoms with Gasteiger partial charge in [-0.1, -0.05) is 12.1 Å². The highest BCUT2D eigenvalue weighted by Crippen LogP contribution is 2.15. The van der Waals surface area contributed by atoms with Gasteiger partial charge >= 0.3 is 0 Å². The number of nitrogens with one attached hydrogen (secondary N) is 1. The highest BCUT2D eigenvalue weighted by molar-refractivity contribution is 5.19. The monoisotopic (exact) mass is 261 g/mol. The minimum Gasteiger partial charge on any atom is -0.469 e. The fourth-order valence-corrected chi connectivity index (χ4v) is 2.20. The number of halogens is 1. The SMILES string of the molecule is CC(CCc1ccco1)N[C@H](C)c1cccc(F)c1. The Hall–Kier alpha value is -1.61. The van der Waals surface area contributed by atoms with Crippen LogP contribution < -0.4 is 5.32 Å². The molecule has 1 heterocycles. The highest BCUT2D eigenvalue weighted by Gasteiger charge is 2.10. The largest absolute Gasteiger partial charge is 0.469 e. The maximum atomic E-state index is 13.2.